The van der Waals surface area contributed by atoms with Gasteiger partial charge in [-0.15, -0.1) is 0 Å². The molecular weight excluding hydrogens is 298 g/mol. The lowest BCUT2D eigenvalue weighted by Gasteiger charge is -2.25. The molecule has 1 aliphatic rings. The summed E-state index contributed by atoms with van der Waals surface area (Å²) >= 11 is 0. The molecule has 0 aliphatic heterocycles. The van der Waals surface area contributed by atoms with E-state index in [1.54, 1.807) is 0 Å². The average molecular weight is 325 g/mol. The van der Waals surface area contributed by atoms with Crippen molar-refractivity contribution in [2.75, 3.05) is 0 Å². The molecule has 24 heavy (non-hydrogen) atoms. The number of hydrogen-bond acceptors (Lipinski definition) is 3. The van der Waals surface area contributed by atoms with Gasteiger partial charge in [-0.05, 0) is 45.7 Å². The Morgan fingerprint density at radius 2 is 2.00 bits per heavy atom. The fourth-order valence-corrected chi connectivity index (χ4v) is 3.36. The summed E-state index contributed by atoms with van der Waals surface area (Å²) in [6.45, 7) is 6.07. The molecule has 1 aliphatic carbocycles. The number of hydrogen-bond donors (Lipinski definition) is 0. The highest BCUT2D eigenvalue weighted by Gasteiger charge is 2.24. The van der Waals surface area contributed by atoms with Gasteiger partial charge in [0.1, 0.15) is 17.6 Å². The van der Waals surface area contributed by atoms with Crippen LogP contribution in [0.1, 0.15) is 62.1 Å². The van der Waals surface area contributed by atoms with Crippen molar-refractivity contribution in [1.29, 1.82) is 0 Å². The number of allylic oxidation sites excluding steroid dienone is 1. The van der Waals surface area contributed by atoms with Crippen LogP contribution in [0.2, 0.25) is 0 Å². The van der Waals surface area contributed by atoms with E-state index in [1.807, 2.05) is 32.1 Å². The van der Waals surface area contributed by atoms with Crippen molar-refractivity contribution in [3.05, 3.63) is 53.4 Å². The number of benzene rings is 1. The number of aromatic nitrogens is 1. The van der Waals surface area contributed by atoms with Crippen LogP contribution in [-0.4, -0.2) is 11.1 Å². The van der Waals surface area contributed by atoms with Crippen molar-refractivity contribution in [2.24, 2.45) is 0 Å². The maximum absolute atomic E-state index is 6.36. The molecule has 0 radical (unpaired) electrons. The summed E-state index contributed by atoms with van der Waals surface area (Å²) in [7, 11) is 0. The molecule has 3 nitrogen and oxygen atoms in total. The largest absolute Gasteiger partial charge is 0.441 e. The van der Waals surface area contributed by atoms with Gasteiger partial charge < -0.3 is 9.15 Å². The van der Waals surface area contributed by atoms with Crippen molar-refractivity contribution in [3.63, 3.8) is 0 Å². The zero-order chi connectivity index (χ0) is 16.9. The Kier molecular flexibility index (Phi) is 5.52. The van der Waals surface area contributed by atoms with Gasteiger partial charge in [-0.3, -0.25) is 0 Å². The summed E-state index contributed by atoms with van der Waals surface area (Å²) in [6, 6.07) is 8.25. The number of aryl methyl sites for hydroxylation is 2. The minimum Gasteiger partial charge on any atom is -0.441 e. The number of nitrogens with zero attached hydrogens (tertiary/aromatic N) is 1. The van der Waals surface area contributed by atoms with E-state index in [-0.39, 0.29) is 6.10 Å². The number of oxazole rings is 1. The van der Waals surface area contributed by atoms with E-state index >= 15 is 0 Å². The first-order valence-corrected chi connectivity index (χ1v) is 9.00. The molecular formula is C21H27NO2. The first-order valence-electron chi connectivity index (χ1n) is 9.00. The van der Waals surface area contributed by atoms with Crippen molar-refractivity contribution < 1.29 is 9.15 Å². The van der Waals surface area contributed by atoms with Crippen LogP contribution in [0.4, 0.5) is 0 Å². The van der Waals surface area contributed by atoms with Gasteiger partial charge in [0.15, 0.2) is 0 Å². The van der Waals surface area contributed by atoms with E-state index in [0.717, 1.165) is 29.9 Å². The van der Waals surface area contributed by atoms with Crippen LogP contribution in [0.25, 0.3) is 11.5 Å². The highest BCUT2D eigenvalue weighted by Crippen LogP contribution is 2.31. The summed E-state index contributed by atoms with van der Waals surface area (Å²) in [5.74, 6) is 1.51. The quantitative estimate of drug-likeness (QED) is 0.640. The molecule has 0 spiro atoms. The SMILES string of the molecule is CC=CC(OC1CCCCC1)c1nc(-c2cccc(C)c2)oc1C. The highest BCUT2D eigenvalue weighted by molar-refractivity contribution is 5.55. The van der Waals surface area contributed by atoms with Crippen LogP contribution >= 0.6 is 0 Å². The van der Waals surface area contributed by atoms with Gasteiger partial charge in [-0.2, -0.15) is 0 Å². The summed E-state index contributed by atoms with van der Waals surface area (Å²) < 4.78 is 12.3. The van der Waals surface area contributed by atoms with Gasteiger partial charge in [0, 0.05) is 5.56 Å². The maximum atomic E-state index is 6.36. The van der Waals surface area contributed by atoms with Crippen molar-refractivity contribution in [3.8, 4) is 11.5 Å². The van der Waals surface area contributed by atoms with E-state index in [2.05, 4.69) is 25.1 Å². The topological polar surface area (TPSA) is 35.3 Å². The molecule has 1 unspecified atom stereocenters. The monoisotopic (exact) mass is 325 g/mol. The van der Waals surface area contributed by atoms with Crippen LogP contribution in [-0.2, 0) is 4.74 Å². The second-order valence-electron chi connectivity index (χ2n) is 6.67. The van der Waals surface area contributed by atoms with Gasteiger partial charge in [0.05, 0.1) is 6.10 Å². The molecule has 0 amide bonds. The lowest BCUT2D eigenvalue weighted by atomic mass is 9.97. The first kappa shape index (κ1) is 17.0. The second-order valence-corrected chi connectivity index (χ2v) is 6.67. The number of rotatable bonds is 5. The molecule has 3 rings (SSSR count). The van der Waals surface area contributed by atoms with Gasteiger partial charge in [0.25, 0.3) is 0 Å². The Morgan fingerprint density at radius 3 is 2.71 bits per heavy atom. The van der Waals surface area contributed by atoms with E-state index in [1.165, 1.54) is 24.8 Å². The molecule has 0 saturated heterocycles. The van der Waals surface area contributed by atoms with Gasteiger partial charge in [-0.25, -0.2) is 4.98 Å². The molecule has 0 bridgehead atoms. The summed E-state index contributed by atoms with van der Waals surface area (Å²) in [6.07, 6.45) is 10.5. The first-order chi connectivity index (χ1) is 11.7. The Balaban J connectivity index is 1.85. The average Bonchev–Trinajstić information content (AvgIpc) is 2.97. The molecule has 3 heteroatoms. The lowest BCUT2D eigenvalue weighted by molar-refractivity contribution is -0.0105. The fraction of sp³-hybridized carbons (Fsp3) is 0.476. The van der Waals surface area contributed by atoms with E-state index in [0.29, 0.717) is 12.0 Å². The predicted octanol–water partition coefficient (Wildman–Crippen LogP) is 5.92. The molecule has 128 valence electrons. The zero-order valence-corrected chi connectivity index (χ0v) is 14.9. The Morgan fingerprint density at radius 1 is 1.21 bits per heavy atom. The molecule has 1 heterocycles. The van der Waals surface area contributed by atoms with Gasteiger partial charge >= 0.3 is 0 Å². The Hall–Kier alpha value is -1.87. The van der Waals surface area contributed by atoms with E-state index in [4.69, 9.17) is 14.1 Å². The predicted molar refractivity (Wildman–Crippen MR) is 96.9 cm³/mol. The lowest BCUT2D eigenvalue weighted by Crippen LogP contribution is -2.19. The summed E-state index contributed by atoms with van der Waals surface area (Å²) in [5, 5.41) is 0. The molecule has 0 N–H and O–H groups in total. The van der Waals surface area contributed by atoms with Crippen LogP contribution in [0.3, 0.4) is 0 Å². The van der Waals surface area contributed by atoms with Crippen LogP contribution in [0, 0.1) is 13.8 Å². The van der Waals surface area contributed by atoms with Crippen molar-refractivity contribution >= 4 is 0 Å². The summed E-state index contributed by atoms with van der Waals surface area (Å²) in [5.41, 5.74) is 3.12. The van der Waals surface area contributed by atoms with Gasteiger partial charge in [-0.1, -0.05) is 49.1 Å². The van der Waals surface area contributed by atoms with Crippen molar-refractivity contribution in [1.82, 2.24) is 4.98 Å². The molecule has 1 saturated carbocycles. The van der Waals surface area contributed by atoms with E-state index < -0.39 is 0 Å². The van der Waals surface area contributed by atoms with E-state index in [9.17, 15) is 0 Å². The number of ether oxygens (including phenoxy) is 1. The Bertz CT molecular complexity index is 696. The zero-order valence-electron chi connectivity index (χ0n) is 14.9. The standard InChI is InChI=1S/C21H27NO2/c1-4-9-19(24-18-12-6-5-7-13-18)20-16(3)23-21(22-20)17-11-8-10-15(2)14-17/h4,8-11,14,18-19H,5-7,12-13H2,1-3H3. The van der Waals surface area contributed by atoms with Gasteiger partial charge in [0.2, 0.25) is 5.89 Å². The second kappa shape index (κ2) is 7.80. The third kappa shape index (κ3) is 3.96. The van der Waals surface area contributed by atoms with Crippen LogP contribution in [0.15, 0.2) is 40.8 Å². The van der Waals surface area contributed by atoms with Crippen LogP contribution < -0.4 is 0 Å². The molecule has 2 aromatic rings. The maximum Gasteiger partial charge on any atom is 0.226 e. The van der Waals surface area contributed by atoms with Crippen molar-refractivity contribution in [2.45, 2.75) is 65.1 Å². The van der Waals surface area contributed by atoms with Crippen LogP contribution in [0.5, 0.6) is 0 Å². The smallest absolute Gasteiger partial charge is 0.226 e. The Labute approximate surface area is 144 Å². The molecule has 1 aromatic heterocycles. The fourth-order valence-electron chi connectivity index (χ4n) is 3.36. The highest BCUT2D eigenvalue weighted by atomic mass is 16.5. The third-order valence-electron chi connectivity index (χ3n) is 4.63. The molecule has 1 fully saturated rings. The normalized spacial score (nSPS) is 17.5. The minimum atomic E-state index is -0.125. The molecule has 1 aromatic carbocycles. The minimum absolute atomic E-state index is 0.125. The third-order valence-corrected chi connectivity index (χ3v) is 4.63. The molecule has 1 atom stereocenters. The summed E-state index contributed by atoms with van der Waals surface area (Å²) in [4.78, 5) is 4.76.